The quantitative estimate of drug-likeness (QED) is 0.483. The average Bonchev–Trinajstić information content (AvgIpc) is 3.18. The lowest BCUT2D eigenvalue weighted by atomic mass is 10.1. The number of sulfone groups is 1. The number of fused-ring (bicyclic) bond motifs is 1. The number of halogens is 2. The average molecular weight is 514 g/mol. The minimum Gasteiger partial charge on any atom is -0.379 e. The van der Waals surface area contributed by atoms with Gasteiger partial charge in [0.15, 0.2) is 15.0 Å². The molecule has 0 N–H and O–H groups in total. The Kier molecular flexibility index (Phi) is 8.41. The van der Waals surface area contributed by atoms with Gasteiger partial charge in [-0.25, -0.2) is 17.8 Å². The topological polar surface area (TPSA) is 79.8 Å². The summed E-state index contributed by atoms with van der Waals surface area (Å²) in [5.41, 5.74) is 1.36. The molecule has 2 heterocycles. The van der Waals surface area contributed by atoms with E-state index in [2.05, 4.69) is 9.88 Å². The molecule has 11 heteroatoms. The highest BCUT2D eigenvalue weighted by Gasteiger charge is 2.22. The van der Waals surface area contributed by atoms with Crippen LogP contribution in [0.15, 0.2) is 47.4 Å². The molecule has 7 nitrogen and oxygen atoms in total. The van der Waals surface area contributed by atoms with Crippen LogP contribution in [0.2, 0.25) is 0 Å². The van der Waals surface area contributed by atoms with Crippen molar-refractivity contribution in [3.63, 3.8) is 0 Å². The van der Waals surface area contributed by atoms with E-state index < -0.39 is 9.84 Å². The molecule has 1 aliphatic rings. The van der Waals surface area contributed by atoms with Crippen LogP contribution in [0.3, 0.4) is 0 Å². The number of carbonyl (C=O) groups is 1. The number of morpholine rings is 1. The third-order valence-corrected chi connectivity index (χ3v) is 7.47. The van der Waals surface area contributed by atoms with Crippen LogP contribution in [0.4, 0.5) is 9.52 Å². The van der Waals surface area contributed by atoms with Gasteiger partial charge in [-0.05, 0) is 35.9 Å². The third kappa shape index (κ3) is 6.48. The van der Waals surface area contributed by atoms with Gasteiger partial charge in [0, 0.05) is 32.4 Å². The van der Waals surface area contributed by atoms with Crippen LogP contribution in [0.1, 0.15) is 5.56 Å². The van der Waals surface area contributed by atoms with Gasteiger partial charge in [-0.3, -0.25) is 14.6 Å². The number of amides is 1. The van der Waals surface area contributed by atoms with E-state index in [0.29, 0.717) is 47.2 Å². The van der Waals surface area contributed by atoms with Gasteiger partial charge in [-0.2, -0.15) is 0 Å². The summed E-state index contributed by atoms with van der Waals surface area (Å²) in [5.74, 6) is -0.495. The Morgan fingerprint density at radius 1 is 1.18 bits per heavy atom. The first-order valence-electron chi connectivity index (χ1n) is 10.3. The predicted octanol–water partition coefficient (Wildman–Crippen LogP) is 3.17. The van der Waals surface area contributed by atoms with E-state index in [1.54, 1.807) is 29.2 Å². The summed E-state index contributed by atoms with van der Waals surface area (Å²) < 4.78 is 43.2. The maximum atomic E-state index is 13.2. The normalized spacial score (nSPS) is 14.7. The fourth-order valence-corrected chi connectivity index (χ4v) is 5.27. The number of rotatable bonds is 7. The minimum atomic E-state index is -3.34. The van der Waals surface area contributed by atoms with Crippen LogP contribution in [0, 0.1) is 5.82 Å². The second-order valence-corrected chi connectivity index (χ2v) is 10.7. The fourth-order valence-electron chi connectivity index (χ4n) is 3.50. The van der Waals surface area contributed by atoms with Gasteiger partial charge >= 0.3 is 0 Å². The van der Waals surface area contributed by atoms with Crippen molar-refractivity contribution in [2.45, 2.75) is 11.3 Å². The maximum absolute atomic E-state index is 13.2. The standard InChI is InChI=1S/C22H24FN3O4S2.ClH/c1-32(28,29)18-6-7-19-20(15-18)31-22(24-19)26(9-8-25-10-12-30-13-11-25)21(27)14-16-2-4-17(23)5-3-16;/h2-7,15H,8-14H2,1H3;1H. The van der Waals surface area contributed by atoms with E-state index in [1.165, 1.54) is 29.5 Å². The first-order chi connectivity index (χ1) is 15.3. The molecule has 1 aromatic heterocycles. The number of ether oxygens (including phenoxy) is 1. The van der Waals surface area contributed by atoms with Gasteiger partial charge in [0.2, 0.25) is 5.91 Å². The second kappa shape index (κ2) is 10.9. The highest BCUT2D eigenvalue weighted by atomic mass is 35.5. The molecular weight excluding hydrogens is 489 g/mol. The van der Waals surface area contributed by atoms with E-state index >= 15 is 0 Å². The van der Waals surface area contributed by atoms with E-state index in [1.807, 2.05) is 0 Å². The number of benzene rings is 2. The number of nitrogens with zero attached hydrogens (tertiary/aromatic N) is 3. The summed E-state index contributed by atoms with van der Waals surface area (Å²) in [4.78, 5) is 21.9. The molecule has 178 valence electrons. The molecule has 1 saturated heterocycles. The second-order valence-electron chi connectivity index (χ2n) is 7.70. The molecule has 1 amide bonds. The summed E-state index contributed by atoms with van der Waals surface area (Å²) in [6.45, 7) is 4.05. The van der Waals surface area contributed by atoms with Crippen molar-refractivity contribution in [2.75, 3.05) is 50.5 Å². The lowest BCUT2D eigenvalue weighted by Crippen LogP contribution is -2.43. The molecule has 0 spiro atoms. The molecule has 0 saturated carbocycles. The first kappa shape index (κ1) is 25.5. The molecule has 0 aliphatic carbocycles. The molecular formula is C22H25ClFN3O4S2. The molecule has 4 rings (SSSR count). The van der Waals surface area contributed by atoms with Crippen molar-refractivity contribution in [3.8, 4) is 0 Å². The summed E-state index contributed by atoms with van der Waals surface area (Å²) in [6.07, 6.45) is 1.28. The molecule has 33 heavy (non-hydrogen) atoms. The van der Waals surface area contributed by atoms with Crippen molar-refractivity contribution < 1.29 is 22.3 Å². The molecule has 0 unspecified atom stereocenters. The van der Waals surface area contributed by atoms with Crippen LogP contribution < -0.4 is 4.90 Å². The summed E-state index contributed by atoms with van der Waals surface area (Å²) >= 11 is 1.29. The van der Waals surface area contributed by atoms with E-state index in [0.717, 1.165) is 19.3 Å². The molecule has 0 bridgehead atoms. The summed E-state index contributed by atoms with van der Waals surface area (Å²) in [5, 5.41) is 0.519. The Bertz CT molecular complexity index is 1210. The molecule has 3 aromatic rings. The zero-order valence-electron chi connectivity index (χ0n) is 18.1. The van der Waals surface area contributed by atoms with Crippen LogP contribution in [0.25, 0.3) is 10.2 Å². The lowest BCUT2D eigenvalue weighted by molar-refractivity contribution is -0.118. The van der Waals surface area contributed by atoms with Crippen LogP contribution >= 0.6 is 23.7 Å². The number of hydrogen-bond acceptors (Lipinski definition) is 7. The van der Waals surface area contributed by atoms with Crippen LogP contribution in [-0.2, 0) is 25.8 Å². The number of thiazole rings is 1. The van der Waals surface area contributed by atoms with Gasteiger partial charge in [0.05, 0.1) is 34.7 Å². The number of carbonyl (C=O) groups excluding carboxylic acids is 1. The lowest BCUT2D eigenvalue weighted by Gasteiger charge is -2.29. The highest BCUT2D eigenvalue weighted by Crippen LogP contribution is 2.31. The van der Waals surface area contributed by atoms with Crippen molar-refractivity contribution in [1.29, 1.82) is 0 Å². The van der Waals surface area contributed by atoms with E-state index in [4.69, 9.17) is 4.74 Å². The largest absolute Gasteiger partial charge is 0.379 e. The van der Waals surface area contributed by atoms with Crippen LogP contribution in [0.5, 0.6) is 0 Å². The van der Waals surface area contributed by atoms with E-state index in [-0.39, 0.29) is 35.4 Å². The molecule has 0 atom stereocenters. The SMILES string of the molecule is CS(=O)(=O)c1ccc2nc(N(CCN3CCOCC3)C(=O)Cc3ccc(F)cc3)sc2c1.Cl. The number of anilines is 1. The zero-order chi connectivity index (χ0) is 22.7. The fraction of sp³-hybridized carbons (Fsp3) is 0.364. The van der Waals surface area contributed by atoms with E-state index in [9.17, 15) is 17.6 Å². The molecule has 1 fully saturated rings. The minimum absolute atomic E-state index is 0. The van der Waals surface area contributed by atoms with Gasteiger partial charge in [0.1, 0.15) is 5.82 Å². The summed E-state index contributed by atoms with van der Waals surface area (Å²) in [6, 6.07) is 10.7. The number of hydrogen-bond donors (Lipinski definition) is 0. The molecule has 1 aliphatic heterocycles. The van der Waals surface area contributed by atoms with Crippen molar-refractivity contribution in [1.82, 2.24) is 9.88 Å². The third-order valence-electron chi connectivity index (χ3n) is 5.32. The Hall–Kier alpha value is -2.11. The van der Waals surface area contributed by atoms with Crippen molar-refractivity contribution in [2.24, 2.45) is 0 Å². The summed E-state index contributed by atoms with van der Waals surface area (Å²) in [7, 11) is -3.34. The first-order valence-corrected chi connectivity index (χ1v) is 13.0. The predicted molar refractivity (Wildman–Crippen MR) is 130 cm³/mol. The Balaban J connectivity index is 0.00000306. The Labute approximate surface area is 202 Å². The maximum Gasteiger partial charge on any atom is 0.233 e. The van der Waals surface area contributed by atoms with Crippen LogP contribution in [-0.4, -0.2) is 69.9 Å². The molecule has 0 radical (unpaired) electrons. The highest BCUT2D eigenvalue weighted by molar-refractivity contribution is 7.90. The Morgan fingerprint density at radius 3 is 2.55 bits per heavy atom. The smallest absolute Gasteiger partial charge is 0.233 e. The van der Waals surface area contributed by atoms with Crippen molar-refractivity contribution >= 4 is 54.8 Å². The zero-order valence-corrected chi connectivity index (χ0v) is 20.5. The van der Waals surface area contributed by atoms with Crippen molar-refractivity contribution in [3.05, 3.63) is 53.8 Å². The van der Waals surface area contributed by atoms with Gasteiger partial charge in [-0.15, -0.1) is 12.4 Å². The van der Waals surface area contributed by atoms with Gasteiger partial charge in [0.25, 0.3) is 0 Å². The van der Waals surface area contributed by atoms with Gasteiger partial charge < -0.3 is 4.74 Å². The monoisotopic (exact) mass is 513 g/mol. The number of aromatic nitrogens is 1. The Morgan fingerprint density at radius 2 is 1.88 bits per heavy atom. The van der Waals surface area contributed by atoms with Gasteiger partial charge in [-0.1, -0.05) is 23.5 Å². The molecule has 2 aromatic carbocycles.